The molecule has 0 aromatic carbocycles. The minimum atomic E-state index is 0.184. The summed E-state index contributed by atoms with van der Waals surface area (Å²) in [6.07, 6.45) is 5.52. The van der Waals surface area contributed by atoms with Crippen LogP contribution in [0.3, 0.4) is 0 Å². The molecule has 0 N–H and O–H groups in total. The van der Waals surface area contributed by atoms with Crippen molar-refractivity contribution in [3.63, 3.8) is 0 Å². The van der Waals surface area contributed by atoms with Crippen LogP contribution in [-0.2, 0) is 0 Å². The number of rotatable bonds is 3. The Bertz CT molecular complexity index is 630. The number of piperazine rings is 1. The molecule has 3 heterocycles. The van der Waals surface area contributed by atoms with Gasteiger partial charge in [0.05, 0.1) is 5.56 Å². The van der Waals surface area contributed by atoms with Gasteiger partial charge in [0.1, 0.15) is 17.3 Å². The third-order valence-electron chi connectivity index (χ3n) is 3.35. The molecule has 0 spiro atoms. The van der Waals surface area contributed by atoms with Gasteiger partial charge in [-0.05, 0) is 6.07 Å². The Kier molecular flexibility index (Phi) is 3.92. The van der Waals surface area contributed by atoms with Gasteiger partial charge in [0, 0.05) is 38.6 Å². The summed E-state index contributed by atoms with van der Waals surface area (Å²) in [4.78, 5) is 31.8. The van der Waals surface area contributed by atoms with Gasteiger partial charge in [0.2, 0.25) is 5.95 Å². The number of anilines is 2. The lowest BCUT2D eigenvalue weighted by Gasteiger charge is -2.35. The molecule has 7 nitrogen and oxygen atoms in total. The average molecular weight is 305 g/mol. The highest BCUT2D eigenvalue weighted by molar-refractivity contribution is 6.32. The Hall–Kier alpha value is -2.28. The summed E-state index contributed by atoms with van der Waals surface area (Å²) < 4.78 is 0. The summed E-state index contributed by atoms with van der Waals surface area (Å²) in [6.45, 7) is 2.94. The maximum Gasteiger partial charge on any atom is 0.225 e. The number of hydrogen-bond acceptors (Lipinski definition) is 7. The van der Waals surface area contributed by atoms with Gasteiger partial charge in [-0.15, -0.1) is 0 Å². The number of halogens is 1. The lowest BCUT2D eigenvalue weighted by atomic mass is 10.2. The van der Waals surface area contributed by atoms with Crippen LogP contribution < -0.4 is 9.80 Å². The number of carbonyl (C=O) groups excluding carboxylic acids is 1. The second-order valence-corrected chi connectivity index (χ2v) is 4.90. The average Bonchev–Trinajstić information content (AvgIpc) is 2.55. The lowest BCUT2D eigenvalue weighted by molar-refractivity contribution is 0.112. The first-order valence-electron chi connectivity index (χ1n) is 6.52. The normalized spacial score (nSPS) is 15.1. The molecule has 0 radical (unpaired) electrons. The predicted molar refractivity (Wildman–Crippen MR) is 78.9 cm³/mol. The molecule has 1 aliphatic rings. The van der Waals surface area contributed by atoms with Crippen molar-refractivity contribution in [3.8, 4) is 0 Å². The first-order valence-corrected chi connectivity index (χ1v) is 6.90. The van der Waals surface area contributed by atoms with Crippen molar-refractivity contribution < 1.29 is 4.79 Å². The topological polar surface area (TPSA) is 75.1 Å². The summed E-state index contributed by atoms with van der Waals surface area (Å²) in [5.41, 5.74) is 0.337. The van der Waals surface area contributed by atoms with Gasteiger partial charge in [0.25, 0.3) is 0 Å². The van der Waals surface area contributed by atoms with Gasteiger partial charge < -0.3 is 9.80 Å². The molecular formula is C13H13ClN6O. The second kappa shape index (κ2) is 6.01. The van der Waals surface area contributed by atoms with E-state index in [1.807, 2.05) is 4.90 Å². The summed E-state index contributed by atoms with van der Waals surface area (Å²) >= 11 is 5.93. The molecule has 3 rings (SSSR count). The first-order chi connectivity index (χ1) is 10.3. The number of aromatic nitrogens is 4. The van der Waals surface area contributed by atoms with Gasteiger partial charge >= 0.3 is 0 Å². The molecule has 2 aromatic rings. The smallest absolute Gasteiger partial charge is 0.225 e. The van der Waals surface area contributed by atoms with E-state index in [0.29, 0.717) is 36.7 Å². The van der Waals surface area contributed by atoms with Crippen LogP contribution in [0.25, 0.3) is 0 Å². The molecule has 0 amide bonds. The Morgan fingerprint density at radius 1 is 1.00 bits per heavy atom. The van der Waals surface area contributed by atoms with Crippen molar-refractivity contribution in [2.24, 2.45) is 0 Å². The van der Waals surface area contributed by atoms with E-state index >= 15 is 0 Å². The number of hydrogen-bond donors (Lipinski definition) is 0. The molecule has 0 atom stereocenters. The van der Waals surface area contributed by atoms with Crippen LogP contribution in [0.15, 0.2) is 24.8 Å². The minimum Gasteiger partial charge on any atom is -0.352 e. The Morgan fingerprint density at radius 3 is 2.33 bits per heavy atom. The van der Waals surface area contributed by atoms with E-state index < -0.39 is 0 Å². The highest BCUT2D eigenvalue weighted by Crippen LogP contribution is 2.23. The molecule has 8 heteroatoms. The number of nitrogens with zero attached hydrogens (tertiary/aromatic N) is 6. The van der Waals surface area contributed by atoms with Gasteiger partial charge in [-0.3, -0.25) is 4.79 Å². The number of aldehydes is 1. The van der Waals surface area contributed by atoms with E-state index in [1.54, 1.807) is 18.5 Å². The zero-order valence-electron chi connectivity index (χ0n) is 11.2. The van der Waals surface area contributed by atoms with Gasteiger partial charge in [-0.1, -0.05) is 11.6 Å². The Labute approximate surface area is 126 Å². The van der Waals surface area contributed by atoms with Crippen molar-refractivity contribution in [2.45, 2.75) is 0 Å². The van der Waals surface area contributed by atoms with E-state index in [0.717, 1.165) is 13.1 Å². The van der Waals surface area contributed by atoms with E-state index in [4.69, 9.17) is 11.6 Å². The standard InChI is InChI=1S/C13H13ClN6O/c14-11-10(8-21)12(18-9-17-11)19-4-6-20(7-5-19)13-15-2-1-3-16-13/h1-3,8-9H,4-7H2. The van der Waals surface area contributed by atoms with Crippen LogP contribution >= 0.6 is 11.6 Å². The van der Waals surface area contributed by atoms with Gasteiger partial charge in [0.15, 0.2) is 6.29 Å². The molecular weight excluding hydrogens is 292 g/mol. The number of carbonyl (C=O) groups is 1. The lowest BCUT2D eigenvalue weighted by Crippen LogP contribution is -2.47. The fourth-order valence-electron chi connectivity index (χ4n) is 2.29. The van der Waals surface area contributed by atoms with Gasteiger partial charge in [-0.25, -0.2) is 19.9 Å². The summed E-state index contributed by atoms with van der Waals surface area (Å²) in [5, 5.41) is 0.184. The largest absolute Gasteiger partial charge is 0.352 e. The van der Waals surface area contributed by atoms with Crippen molar-refractivity contribution in [2.75, 3.05) is 36.0 Å². The third-order valence-corrected chi connectivity index (χ3v) is 3.65. The molecule has 1 fully saturated rings. The summed E-state index contributed by atoms with van der Waals surface area (Å²) in [5.74, 6) is 1.30. The molecule has 0 saturated carbocycles. The van der Waals surface area contributed by atoms with Crippen LogP contribution in [0.2, 0.25) is 5.15 Å². The zero-order valence-corrected chi connectivity index (χ0v) is 11.9. The summed E-state index contributed by atoms with van der Waals surface area (Å²) in [7, 11) is 0. The Morgan fingerprint density at radius 2 is 1.67 bits per heavy atom. The van der Waals surface area contributed by atoms with E-state index in [1.165, 1.54) is 6.33 Å². The fraction of sp³-hybridized carbons (Fsp3) is 0.308. The molecule has 0 unspecified atom stereocenters. The first kappa shape index (κ1) is 13.7. The molecule has 1 aliphatic heterocycles. The SMILES string of the molecule is O=Cc1c(Cl)ncnc1N1CCN(c2ncccn2)CC1. The highest BCUT2D eigenvalue weighted by atomic mass is 35.5. The van der Waals surface area contributed by atoms with E-state index in [9.17, 15) is 4.79 Å². The third kappa shape index (κ3) is 2.78. The quantitative estimate of drug-likeness (QED) is 0.620. The fourth-order valence-corrected chi connectivity index (χ4v) is 2.46. The molecule has 21 heavy (non-hydrogen) atoms. The second-order valence-electron chi connectivity index (χ2n) is 4.54. The monoisotopic (exact) mass is 304 g/mol. The van der Waals surface area contributed by atoms with Crippen molar-refractivity contribution in [1.82, 2.24) is 19.9 Å². The summed E-state index contributed by atoms with van der Waals surface area (Å²) in [6, 6.07) is 1.79. The zero-order chi connectivity index (χ0) is 14.7. The predicted octanol–water partition coefficient (Wildman–Crippen LogP) is 1.06. The molecule has 0 bridgehead atoms. The Balaban J connectivity index is 1.75. The van der Waals surface area contributed by atoms with E-state index in [2.05, 4.69) is 24.8 Å². The molecule has 108 valence electrons. The highest BCUT2D eigenvalue weighted by Gasteiger charge is 2.22. The molecule has 0 aliphatic carbocycles. The maximum absolute atomic E-state index is 11.2. The van der Waals surface area contributed by atoms with Crippen molar-refractivity contribution in [3.05, 3.63) is 35.5 Å². The van der Waals surface area contributed by atoms with E-state index in [-0.39, 0.29) is 5.15 Å². The van der Waals surface area contributed by atoms with Crippen LogP contribution in [0.1, 0.15) is 10.4 Å². The van der Waals surface area contributed by atoms with Crippen LogP contribution in [0.5, 0.6) is 0 Å². The van der Waals surface area contributed by atoms with Crippen LogP contribution in [0, 0.1) is 0 Å². The van der Waals surface area contributed by atoms with Crippen LogP contribution in [0.4, 0.5) is 11.8 Å². The van der Waals surface area contributed by atoms with Crippen molar-refractivity contribution in [1.29, 1.82) is 0 Å². The molecule has 2 aromatic heterocycles. The minimum absolute atomic E-state index is 0.184. The van der Waals surface area contributed by atoms with Gasteiger partial charge in [-0.2, -0.15) is 0 Å². The molecule has 1 saturated heterocycles. The van der Waals surface area contributed by atoms with Crippen molar-refractivity contribution >= 4 is 29.7 Å². The maximum atomic E-state index is 11.2. The van der Waals surface area contributed by atoms with Crippen LogP contribution in [-0.4, -0.2) is 52.4 Å².